The Bertz CT molecular complexity index is 1690. The topological polar surface area (TPSA) is 80.8 Å². The quantitative estimate of drug-likeness (QED) is 0.250. The summed E-state index contributed by atoms with van der Waals surface area (Å²) in [5.41, 5.74) is 4.75. The average Bonchev–Trinajstić information content (AvgIpc) is 3.20. The van der Waals surface area contributed by atoms with E-state index >= 15 is 0 Å². The van der Waals surface area contributed by atoms with Crippen LogP contribution in [-0.2, 0) is 25.9 Å². The van der Waals surface area contributed by atoms with Crippen molar-refractivity contribution < 1.29 is 22.7 Å². The van der Waals surface area contributed by atoms with Crippen LogP contribution in [0, 0.1) is 0 Å². The van der Waals surface area contributed by atoms with Gasteiger partial charge in [0.25, 0.3) is 5.91 Å². The van der Waals surface area contributed by atoms with E-state index in [2.05, 4.69) is 0 Å². The molecule has 0 bridgehead atoms. The first kappa shape index (κ1) is 25.2. The number of fused-ring (bicyclic) bond motifs is 1. The van der Waals surface area contributed by atoms with E-state index in [1.165, 1.54) is 13.4 Å². The SMILES string of the molecule is COC(=O)c1cccc(CN2C(=O)C(=C(c3ccccc3)c3ccccc3S(C)(=O)=O)c3ccccc32)c1. The largest absolute Gasteiger partial charge is 0.465 e. The molecule has 0 aliphatic carbocycles. The van der Waals surface area contributed by atoms with Gasteiger partial charge in [-0.15, -0.1) is 0 Å². The van der Waals surface area contributed by atoms with Gasteiger partial charge in [-0.2, -0.15) is 0 Å². The molecule has 190 valence electrons. The molecule has 0 spiro atoms. The van der Waals surface area contributed by atoms with Crippen molar-refractivity contribution in [3.63, 3.8) is 0 Å². The average molecular weight is 524 g/mol. The molecule has 5 rings (SSSR count). The van der Waals surface area contributed by atoms with Crippen LogP contribution in [0.1, 0.15) is 32.6 Å². The summed E-state index contributed by atoms with van der Waals surface area (Å²) in [6.07, 6.45) is 1.17. The summed E-state index contributed by atoms with van der Waals surface area (Å²) in [5.74, 6) is -0.707. The molecule has 0 radical (unpaired) electrons. The molecule has 0 saturated carbocycles. The molecule has 0 atom stereocenters. The van der Waals surface area contributed by atoms with Gasteiger partial charge in [0.2, 0.25) is 0 Å². The van der Waals surface area contributed by atoms with Crippen molar-refractivity contribution in [1.82, 2.24) is 0 Å². The second-order valence-corrected chi connectivity index (χ2v) is 11.0. The van der Waals surface area contributed by atoms with Crippen LogP contribution in [0.3, 0.4) is 0 Å². The van der Waals surface area contributed by atoms with Gasteiger partial charge in [0, 0.05) is 23.0 Å². The zero-order valence-electron chi connectivity index (χ0n) is 20.9. The van der Waals surface area contributed by atoms with Crippen molar-refractivity contribution in [1.29, 1.82) is 0 Å². The number of hydrogen-bond donors (Lipinski definition) is 0. The predicted molar refractivity (Wildman–Crippen MR) is 147 cm³/mol. The van der Waals surface area contributed by atoms with Crippen LogP contribution in [0.2, 0.25) is 0 Å². The number of esters is 1. The molecule has 1 aliphatic rings. The normalized spacial score (nSPS) is 14.3. The van der Waals surface area contributed by atoms with Crippen molar-refractivity contribution in [3.8, 4) is 0 Å². The van der Waals surface area contributed by atoms with E-state index in [1.54, 1.807) is 47.4 Å². The molecule has 0 unspecified atom stereocenters. The summed E-state index contributed by atoms with van der Waals surface area (Å²) in [4.78, 5) is 28.1. The van der Waals surface area contributed by atoms with Crippen LogP contribution < -0.4 is 4.90 Å². The van der Waals surface area contributed by atoms with Gasteiger partial charge in [0.1, 0.15) is 0 Å². The Kier molecular flexibility index (Phi) is 6.70. The monoisotopic (exact) mass is 523 g/mol. The van der Waals surface area contributed by atoms with Gasteiger partial charge in [0.05, 0.1) is 35.4 Å². The number of nitrogens with zero attached hydrogens (tertiary/aromatic N) is 1. The van der Waals surface area contributed by atoms with Gasteiger partial charge in [-0.1, -0.05) is 78.9 Å². The van der Waals surface area contributed by atoms with Gasteiger partial charge in [-0.3, -0.25) is 4.79 Å². The van der Waals surface area contributed by atoms with E-state index in [-0.39, 0.29) is 17.3 Å². The highest BCUT2D eigenvalue weighted by molar-refractivity contribution is 7.90. The Morgan fingerprint density at radius 3 is 2.21 bits per heavy atom. The number of carbonyl (C=O) groups excluding carboxylic acids is 2. The summed E-state index contributed by atoms with van der Waals surface area (Å²) in [7, 11) is -2.27. The first-order valence-electron chi connectivity index (χ1n) is 12.0. The molecule has 4 aromatic carbocycles. The molecule has 0 fully saturated rings. The lowest BCUT2D eigenvalue weighted by Crippen LogP contribution is -2.26. The van der Waals surface area contributed by atoms with Gasteiger partial charge in [-0.05, 0) is 35.4 Å². The number of rotatable bonds is 6. The lowest BCUT2D eigenvalue weighted by Gasteiger charge is -2.19. The Morgan fingerprint density at radius 1 is 0.816 bits per heavy atom. The number of hydrogen-bond acceptors (Lipinski definition) is 5. The van der Waals surface area contributed by atoms with E-state index in [9.17, 15) is 18.0 Å². The molecule has 1 aliphatic heterocycles. The van der Waals surface area contributed by atoms with Crippen molar-refractivity contribution in [2.45, 2.75) is 11.4 Å². The van der Waals surface area contributed by atoms with Gasteiger partial charge >= 0.3 is 5.97 Å². The molecule has 6 nitrogen and oxygen atoms in total. The molecule has 38 heavy (non-hydrogen) atoms. The third-order valence-corrected chi connectivity index (χ3v) is 7.64. The van der Waals surface area contributed by atoms with Crippen LogP contribution in [-0.4, -0.2) is 33.7 Å². The molecule has 0 saturated heterocycles. The highest BCUT2D eigenvalue weighted by atomic mass is 32.2. The van der Waals surface area contributed by atoms with E-state index in [0.29, 0.717) is 33.5 Å². The van der Waals surface area contributed by atoms with Crippen molar-refractivity contribution in [2.24, 2.45) is 0 Å². The van der Waals surface area contributed by atoms with E-state index in [0.717, 1.165) is 11.1 Å². The fraction of sp³-hybridized carbons (Fsp3) is 0.0968. The van der Waals surface area contributed by atoms with E-state index in [4.69, 9.17) is 4.74 Å². The minimum absolute atomic E-state index is 0.154. The molecule has 4 aromatic rings. The summed E-state index contributed by atoms with van der Waals surface area (Å²) in [6.45, 7) is 0.222. The third-order valence-electron chi connectivity index (χ3n) is 6.48. The molecule has 1 heterocycles. The van der Waals surface area contributed by atoms with Crippen molar-refractivity contribution >= 4 is 38.5 Å². The van der Waals surface area contributed by atoms with Crippen LogP contribution in [0.15, 0.2) is 108 Å². The predicted octanol–water partition coefficient (Wildman–Crippen LogP) is 5.38. The van der Waals surface area contributed by atoms with Crippen LogP contribution in [0.25, 0.3) is 11.1 Å². The van der Waals surface area contributed by atoms with Gasteiger partial charge in [-0.25, -0.2) is 13.2 Å². The number of methoxy groups -OCH3 is 1. The maximum atomic E-state index is 14.2. The van der Waals surface area contributed by atoms with Crippen LogP contribution >= 0.6 is 0 Å². The van der Waals surface area contributed by atoms with E-state index < -0.39 is 15.8 Å². The third kappa shape index (κ3) is 4.64. The fourth-order valence-corrected chi connectivity index (χ4v) is 5.71. The summed E-state index contributed by atoms with van der Waals surface area (Å²) in [5, 5.41) is 0. The second kappa shape index (κ2) is 10.1. The number of carbonyl (C=O) groups is 2. The molecule has 0 aromatic heterocycles. The number of sulfone groups is 1. The molecule has 7 heteroatoms. The molecule has 0 N–H and O–H groups in total. The van der Waals surface area contributed by atoms with Crippen LogP contribution in [0.4, 0.5) is 5.69 Å². The number of benzene rings is 4. The Morgan fingerprint density at radius 2 is 1.47 bits per heavy atom. The summed E-state index contributed by atoms with van der Waals surface area (Å²) < 4.78 is 30.4. The second-order valence-electron chi connectivity index (χ2n) is 8.98. The minimum Gasteiger partial charge on any atom is -0.465 e. The maximum absolute atomic E-state index is 14.2. The van der Waals surface area contributed by atoms with Crippen LogP contribution in [0.5, 0.6) is 0 Å². The first-order valence-corrected chi connectivity index (χ1v) is 13.9. The van der Waals surface area contributed by atoms with Crippen molar-refractivity contribution in [2.75, 3.05) is 18.3 Å². The van der Waals surface area contributed by atoms with Gasteiger partial charge in [0.15, 0.2) is 9.84 Å². The Balaban J connectivity index is 1.74. The zero-order valence-corrected chi connectivity index (χ0v) is 21.7. The molecule has 1 amide bonds. The highest BCUT2D eigenvalue weighted by Gasteiger charge is 2.36. The smallest absolute Gasteiger partial charge is 0.337 e. The standard InChI is InChI=1S/C31H25NO5S/c1-37-31(34)23-14-10-11-21(19-23)20-32-26-17-8-6-15-24(26)29(30(32)33)28(22-12-4-3-5-13-22)25-16-7-9-18-27(25)38(2,35)36/h3-19H,20H2,1-2H3. The number of para-hydroxylation sites is 1. The number of anilines is 1. The Hall–Kier alpha value is -4.49. The lowest BCUT2D eigenvalue weighted by atomic mass is 9.90. The van der Waals surface area contributed by atoms with E-state index in [1.807, 2.05) is 60.7 Å². The summed E-state index contributed by atoms with van der Waals surface area (Å²) >= 11 is 0. The highest BCUT2D eigenvalue weighted by Crippen LogP contribution is 2.44. The lowest BCUT2D eigenvalue weighted by molar-refractivity contribution is -0.113. The van der Waals surface area contributed by atoms with Gasteiger partial charge < -0.3 is 9.64 Å². The minimum atomic E-state index is -3.59. The molecular weight excluding hydrogens is 498 g/mol. The zero-order chi connectivity index (χ0) is 26.9. The maximum Gasteiger partial charge on any atom is 0.337 e. The first-order chi connectivity index (χ1) is 18.3. The Labute approximate surface area is 221 Å². The summed E-state index contributed by atoms with van der Waals surface area (Å²) in [6, 6.07) is 30.5. The number of amides is 1. The molecular formula is C31H25NO5S. The van der Waals surface area contributed by atoms with Crippen molar-refractivity contribution in [3.05, 3.63) is 131 Å². The fourth-order valence-electron chi connectivity index (χ4n) is 4.81. The number of ether oxygens (including phenoxy) is 1.